The van der Waals surface area contributed by atoms with Crippen molar-refractivity contribution in [2.75, 3.05) is 20.4 Å². The Kier molecular flexibility index (Phi) is 5.70. The molecule has 5 rings (SSSR count). The molecule has 0 radical (unpaired) electrons. The van der Waals surface area contributed by atoms with Crippen LogP contribution in [-0.2, 0) is 11.2 Å². The summed E-state index contributed by atoms with van der Waals surface area (Å²) in [5, 5.41) is 2.77. The summed E-state index contributed by atoms with van der Waals surface area (Å²) < 4.78 is 18.2. The predicted octanol–water partition coefficient (Wildman–Crippen LogP) is 3.57. The summed E-state index contributed by atoms with van der Waals surface area (Å²) in [6.45, 7) is 5.22. The number of amides is 3. The van der Waals surface area contributed by atoms with E-state index in [0.717, 1.165) is 21.8 Å². The Labute approximate surface area is 208 Å². The lowest BCUT2D eigenvalue weighted by molar-refractivity contribution is -0.130. The van der Waals surface area contributed by atoms with Crippen LogP contribution >= 0.6 is 0 Å². The van der Waals surface area contributed by atoms with E-state index in [2.05, 4.69) is 5.32 Å². The number of benzene rings is 2. The normalized spacial score (nSPS) is 18.5. The summed E-state index contributed by atoms with van der Waals surface area (Å²) in [7, 11) is 1.56. The Morgan fingerprint density at radius 3 is 2.61 bits per heavy atom. The number of carbonyl (C=O) groups is 3. The van der Waals surface area contributed by atoms with Crippen molar-refractivity contribution in [2.45, 2.75) is 32.7 Å². The molecule has 9 heteroatoms. The summed E-state index contributed by atoms with van der Waals surface area (Å²) >= 11 is 0. The van der Waals surface area contributed by atoms with E-state index >= 15 is 0 Å². The Morgan fingerprint density at radius 1 is 1.08 bits per heavy atom. The van der Waals surface area contributed by atoms with Gasteiger partial charge in [0.05, 0.1) is 13.7 Å². The van der Waals surface area contributed by atoms with Gasteiger partial charge in [-0.25, -0.2) is 4.79 Å². The third-order valence-corrected chi connectivity index (χ3v) is 6.73. The van der Waals surface area contributed by atoms with E-state index in [4.69, 9.17) is 14.2 Å². The van der Waals surface area contributed by atoms with Crippen molar-refractivity contribution >= 4 is 17.7 Å². The molecule has 0 bridgehead atoms. The maximum atomic E-state index is 13.3. The lowest BCUT2D eigenvalue weighted by atomic mass is 9.92. The van der Waals surface area contributed by atoms with Gasteiger partial charge in [0, 0.05) is 35.1 Å². The zero-order valence-electron chi connectivity index (χ0n) is 20.6. The average Bonchev–Trinajstić information content (AvgIpc) is 3.50. The average molecular weight is 490 g/mol. The Bertz CT molecular complexity index is 1390. The minimum Gasteiger partial charge on any atom is -0.496 e. The van der Waals surface area contributed by atoms with Gasteiger partial charge < -0.3 is 24.1 Å². The van der Waals surface area contributed by atoms with Crippen molar-refractivity contribution in [3.05, 3.63) is 71.0 Å². The molecule has 3 aromatic rings. The lowest BCUT2D eigenvalue weighted by Crippen LogP contribution is -2.46. The molecule has 1 saturated heterocycles. The van der Waals surface area contributed by atoms with Crippen LogP contribution in [0.1, 0.15) is 34.2 Å². The molecule has 1 N–H and O–H groups in total. The number of para-hydroxylation sites is 1. The van der Waals surface area contributed by atoms with E-state index < -0.39 is 17.5 Å². The van der Waals surface area contributed by atoms with Gasteiger partial charge in [-0.05, 0) is 50.6 Å². The van der Waals surface area contributed by atoms with Crippen molar-refractivity contribution in [2.24, 2.45) is 0 Å². The number of imide groups is 1. The number of urea groups is 1. The number of nitrogens with one attached hydrogen (secondary N) is 1. The van der Waals surface area contributed by atoms with Crippen LogP contribution < -0.4 is 19.5 Å². The van der Waals surface area contributed by atoms with Crippen molar-refractivity contribution in [3.63, 3.8) is 0 Å². The number of ketones is 1. The molecule has 2 aliphatic rings. The second-order valence-corrected chi connectivity index (χ2v) is 9.22. The first-order valence-electron chi connectivity index (χ1n) is 11.6. The number of ether oxygens (including phenoxy) is 3. The van der Waals surface area contributed by atoms with Crippen molar-refractivity contribution in [3.8, 4) is 22.9 Å². The van der Waals surface area contributed by atoms with E-state index in [9.17, 15) is 14.4 Å². The first kappa shape index (κ1) is 23.5. The fraction of sp³-hybridized carbons (Fsp3) is 0.296. The SMILES string of the molecule is COc1ccccc1C[C@@]1(C)NC(=O)N(CC(=O)c2cc(C)n(-c3ccc4c(c3)OCO4)c2C)C1=O. The van der Waals surface area contributed by atoms with E-state index in [1.165, 1.54) is 0 Å². The fourth-order valence-electron chi connectivity index (χ4n) is 4.94. The summed E-state index contributed by atoms with van der Waals surface area (Å²) in [4.78, 5) is 40.4. The van der Waals surface area contributed by atoms with Crippen LogP contribution in [0.2, 0.25) is 0 Å². The van der Waals surface area contributed by atoms with Crippen LogP contribution in [-0.4, -0.2) is 53.2 Å². The lowest BCUT2D eigenvalue weighted by Gasteiger charge is -2.22. The van der Waals surface area contributed by atoms with E-state index in [1.54, 1.807) is 26.2 Å². The largest absolute Gasteiger partial charge is 0.496 e. The van der Waals surface area contributed by atoms with Crippen molar-refractivity contribution in [1.82, 2.24) is 14.8 Å². The predicted molar refractivity (Wildman–Crippen MR) is 131 cm³/mol. The molecular weight excluding hydrogens is 462 g/mol. The van der Waals surface area contributed by atoms with Crippen LogP contribution in [0, 0.1) is 13.8 Å². The number of nitrogens with zero attached hydrogens (tertiary/aromatic N) is 2. The molecule has 1 atom stereocenters. The van der Waals surface area contributed by atoms with Gasteiger partial charge in [-0.3, -0.25) is 14.5 Å². The molecule has 1 fully saturated rings. The van der Waals surface area contributed by atoms with Crippen LogP contribution in [0.25, 0.3) is 5.69 Å². The maximum Gasteiger partial charge on any atom is 0.325 e. The minimum atomic E-state index is -1.19. The van der Waals surface area contributed by atoms with Gasteiger partial charge >= 0.3 is 6.03 Å². The molecule has 2 aromatic carbocycles. The monoisotopic (exact) mass is 489 g/mol. The van der Waals surface area contributed by atoms with E-state index in [0.29, 0.717) is 28.5 Å². The molecule has 0 unspecified atom stereocenters. The van der Waals surface area contributed by atoms with E-state index in [-0.39, 0.29) is 25.5 Å². The van der Waals surface area contributed by atoms with Gasteiger partial charge in [0.1, 0.15) is 11.3 Å². The zero-order valence-corrected chi connectivity index (χ0v) is 20.6. The summed E-state index contributed by atoms with van der Waals surface area (Å²) in [6.07, 6.45) is 0.241. The number of rotatable bonds is 7. The number of methoxy groups -OCH3 is 1. The second kappa shape index (κ2) is 8.75. The molecule has 3 heterocycles. The van der Waals surface area contributed by atoms with Gasteiger partial charge in [0.25, 0.3) is 5.91 Å². The first-order valence-corrected chi connectivity index (χ1v) is 11.6. The fourth-order valence-corrected chi connectivity index (χ4v) is 4.94. The van der Waals surface area contributed by atoms with Gasteiger partial charge in [0.15, 0.2) is 17.3 Å². The standard InChI is InChI=1S/C27H27N3O6/c1-16-11-20(17(2)30(16)19-9-10-23-24(12-19)36-15-35-23)21(31)14-29-25(32)27(3,28-26(29)33)13-18-7-5-6-8-22(18)34-4/h5-12H,13-15H2,1-4H3,(H,28,33)/t27-/m1/s1. The number of carbonyl (C=O) groups excluding carboxylic acids is 3. The van der Waals surface area contributed by atoms with Gasteiger partial charge in [-0.1, -0.05) is 18.2 Å². The molecule has 0 saturated carbocycles. The molecule has 0 aliphatic carbocycles. The number of aryl methyl sites for hydroxylation is 1. The number of fused-ring (bicyclic) bond motifs is 1. The maximum absolute atomic E-state index is 13.3. The van der Waals surface area contributed by atoms with Crippen LogP contribution in [0.3, 0.4) is 0 Å². The molecule has 2 aliphatic heterocycles. The highest BCUT2D eigenvalue weighted by Gasteiger charge is 2.48. The topological polar surface area (TPSA) is 99.1 Å². The minimum absolute atomic E-state index is 0.175. The molecule has 1 aromatic heterocycles. The molecular formula is C27H27N3O6. The molecule has 3 amide bonds. The number of Topliss-reactive ketones (excluding diaryl/α,β-unsaturated/α-hetero) is 1. The Hall–Kier alpha value is -4.27. The zero-order chi connectivity index (χ0) is 25.6. The van der Waals surface area contributed by atoms with Crippen LogP contribution in [0.15, 0.2) is 48.5 Å². The summed E-state index contributed by atoms with van der Waals surface area (Å²) in [5.74, 6) is 1.18. The van der Waals surface area contributed by atoms with Crippen LogP contribution in [0.5, 0.6) is 17.2 Å². The van der Waals surface area contributed by atoms with Crippen molar-refractivity contribution < 1.29 is 28.6 Å². The summed E-state index contributed by atoms with van der Waals surface area (Å²) in [6, 6.07) is 14.1. The van der Waals surface area contributed by atoms with E-state index in [1.807, 2.05) is 54.8 Å². The highest BCUT2D eigenvalue weighted by molar-refractivity contribution is 6.11. The smallest absolute Gasteiger partial charge is 0.325 e. The molecule has 0 spiro atoms. The highest BCUT2D eigenvalue weighted by atomic mass is 16.7. The number of aromatic nitrogens is 1. The first-order chi connectivity index (χ1) is 17.2. The Balaban J connectivity index is 1.37. The molecule has 36 heavy (non-hydrogen) atoms. The number of hydrogen-bond acceptors (Lipinski definition) is 6. The third-order valence-electron chi connectivity index (χ3n) is 6.73. The molecule has 9 nitrogen and oxygen atoms in total. The third kappa shape index (κ3) is 3.86. The van der Waals surface area contributed by atoms with Crippen molar-refractivity contribution in [1.29, 1.82) is 0 Å². The number of hydrogen-bond donors (Lipinski definition) is 1. The summed E-state index contributed by atoms with van der Waals surface area (Å²) in [5.41, 5.74) is 2.43. The van der Waals surface area contributed by atoms with Gasteiger partial charge in [0.2, 0.25) is 6.79 Å². The Morgan fingerprint density at radius 2 is 1.83 bits per heavy atom. The quantitative estimate of drug-likeness (QED) is 0.403. The van der Waals surface area contributed by atoms with Gasteiger partial charge in [-0.15, -0.1) is 0 Å². The highest BCUT2D eigenvalue weighted by Crippen LogP contribution is 2.35. The van der Waals surface area contributed by atoms with Gasteiger partial charge in [-0.2, -0.15) is 0 Å². The second-order valence-electron chi connectivity index (χ2n) is 9.22. The van der Waals surface area contributed by atoms with Crippen LogP contribution in [0.4, 0.5) is 4.79 Å². The molecule has 186 valence electrons.